The van der Waals surface area contributed by atoms with Gasteiger partial charge < -0.3 is 10.2 Å². The van der Waals surface area contributed by atoms with Crippen molar-refractivity contribution in [2.75, 3.05) is 19.0 Å². The maximum atomic E-state index is 11.7. The summed E-state index contributed by atoms with van der Waals surface area (Å²) in [6.45, 7) is 8.26. The van der Waals surface area contributed by atoms with Gasteiger partial charge in [0.15, 0.2) is 0 Å². The zero-order chi connectivity index (χ0) is 13.5. The molecule has 0 aromatic rings. The van der Waals surface area contributed by atoms with Gasteiger partial charge in [0.2, 0.25) is 11.8 Å². The average Bonchev–Trinajstić information content (AvgIpc) is 2.19. The molecule has 0 rings (SSSR count). The van der Waals surface area contributed by atoms with Crippen LogP contribution < -0.4 is 5.32 Å². The molecule has 0 aromatic heterocycles. The molecule has 2 amide bonds. The van der Waals surface area contributed by atoms with Gasteiger partial charge in [-0.2, -0.15) is 0 Å². The van der Waals surface area contributed by atoms with Gasteiger partial charge in [-0.1, -0.05) is 0 Å². The van der Waals surface area contributed by atoms with E-state index in [1.165, 1.54) is 0 Å². The highest BCUT2D eigenvalue weighted by Crippen LogP contribution is 2.02. The van der Waals surface area contributed by atoms with Crippen LogP contribution in [0.25, 0.3) is 0 Å². The molecule has 1 N–H and O–H groups in total. The van der Waals surface area contributed by atoms with Crippen molar-refractivity contribution >= 4 is 23.4 Å². The number of hydrogen-bond donors (Lipinski definition) is 1. The molecule has 0 spiro atoms. The van der Waals surface area contributed by atoms with E-state index in [0.717, 1.165) is 0 Å². The maximum Gasteiger partial charge on any atom is 0.240 e. The summed E-state index contributed by atoms with van der Waals surface area (Å²) in [6, 6.07) is 0. The summed E-state index contributed by atoms with van der Waals surface area (Å²) in [7, 11) is 0. The van der Waals surface area contributed by atoms with Crippen LogP contribution in [0, 0.1) is 0 Å². The first-order chi connectivity index (χ1) is 7.80. The van der Waals surface area contributed by atoms with E-state index in [4.69, 9.17) is 11.6 Å². The summed E-state index contributed by atoms with van der Waals surface area (Å²) in [4.78, 5) is 24.9. The van der Waals surface area contributed by atoms with Crippen LogP contribution in [0.2, 0.25) is 0 Å². The van der Waals surface area contributed by atoms with Crippen LogP contribution in [0.5, 0.6) is 0 Å². The Kier molecular flexibility index (Phi) is 7.19. The zero-order valence-corrected chi connectivity index (χ0v) is 11.9. The van der Waals surface area contributed by atoms with Gasteiger partial charge in [-0.25, -0.2) is 0 Å². The topological polar surface area (TPSA) is 49.4 Å². The van der Waals surface area contributed by atoms with Crippen LogP contribution >= 0.6 is 11.6 Å². The summed E-state index contributed by atoms with van der Waals surface area (Å²) in [5.41, 5.74) is -0.268. The molecule has 0 aromatic carbocycles. The van der Waals surface area contributed by atoms with E-state index in [1.54, 1.807) is 4.90 Å². The number of halogens is 1. The van der Waals surface area contributed by atoms with E-state index in [2.05, 4.69) is 5.32 Å². The second kappa shape index (κ2) is 7.54. The highest BCUT2D eigenvalue weighted by Gasteiger charge is 2.18. The molecule has 4 nitrogen and oxygen atoms in total. The Labute approximate surface area is 109 Å². The summed E-state index contributed by atoms with van der Waals surface area (Å²) < 4.78 is 0. The molecule has 0 saturated heterocycles. The Morgan fingerprint density at radius 2 is 1.88 bits per heavy atom. The van der Waals surface area contributed by atoms with Gasteiger partial charge in [0.25, 0.3) is 0 Å². The van der Waals surface area contributed by atoms with E-state index < -0.39 is 0 Å². The van der Waals surface area contributed by atoms with Crippen LogP contribution in [0.1, 0.15) is 40.5 Å². The number of amides is 2. The lowest BCUT2D eigenvalue weighted by Gasteiger charge is -2.25. The normalized spacial score (nSPS) is 11.1. The van der Waals surface area contributed by atoms with Gasteiger partial charge in [0, 0.05) is 24.4 Å². The van der Waals surface area contributed by atoms with Gasteiger partial charge >= 0.3 is 0 Å². The Morgan fingerprint density at radius 1 is 1.29 bits per heavy atom. The molecular formula is C12H23ClN2O2. The molecule has 0 aliphatic rings. The van der Waals surface area contributed by atoms with Crippen molar-refractivity contribution < 1.29 is 9.59 Å². The van der Waals surface area contributed by atoms with E-state index in [9.17, 15) is 9.59 Å². The van der Waals surface area contributed by atoms with Gasteiger partial charge in [-0.15, -0.1) is 11.6 Å². The fourth-order valence-electron chi connectivity index (χ4n) is 1.38. The molecule has 17 heavy (non-hydrogen) atoms. The average molecular weight is 263 g/mol. The van der Waals surface area contributed by atoms with E-state index >= 15 is 0 Å². The van der Waals surface area contributed by atoms with Crippen molar-refractivity contribution in [1.82, 2.24) is 10.2 Å². The summed E-state index contributed by atoms with van der Waals surface area (Å²) in [6.07, 6.45) is 1.05. The fraction of sp³-hybridized carbons (Fsp3) is 0.833. The Balaban J connectivity index is 4.21. The third-order valence-corrected chi connectivity index (χ3v) is 2.37. The van der Waals surface area contributed by atoms with Crippen LogP contribution in [0.3, 0.4) is 0 Å². The number of nitrogens with one attached hydrogen (secondary N) is 1. The van der Waals surface area contributed by atoms with Crippen LogP contribution in [0.4, 0.5) is 0 Å². The number of alkyl halides is 1. The molecule has 0 saturated carbocycles. The minimum Gasteiger partial charge on any atom is -0.350 e. The number of nitrogens with zero attached hydrogens (tertiary/aromatic N) is 1. The van der Waals surface area contributed by atoms with Gasteiger partial charge in [0.1, 0.15) is 0 Å². The quantitative estimate of drug-likeness (QED) is 0.742. The van der Waals surface area contributed by atoms with Crippen LogP contribution in [-0.4, -0.2) is 41.2 Å². The van der Waals surface area contributed by atoms with E-state index in [1.807, 2.05) is 27.7 Å². The van der Waals surface area contributed by atoms with Crippen molar-refractivity contribution in [3.63, 3.8) is 0 Å². The molecule has 0 aliphatic heterocycles. The van der Waals surface area contributed by atoms with Gasteiger partial charge in [-0.3, -0.25) is 9.59 Å². The zero-order valence-electron chi connectivity index (χ0n) is 11.2. The second-order valence-electron chi connectivity index (χ2n) is 5.00. The van der Waals surface area contributed by atoms with Gasteiger partial charge in [0.05, 0.1) is 6.54 Å². The van der Waals surface area contributed by atoms with Crippen molar-refractivity contribution in [2.24, 2.45) is 0 Å². The Morgan fingerprint density at radius 3 is 2.29 bits per heavy atom. The standard InChI is InChI=1S/C12H23ClN2O2/c1-5-15(11(17)7-6-8-13)9-10(16)14-12(2,3)4/h5-9H2,1-4H3,(H,14,16). The first kappa shape index (κ1) is 16.2. The number of carbonyl (C=O) groups excluding carboxylic acids is 2. The Bertz CT molecular complexity index is 262. The first-order valence-corrected chi connectivity index (χ1v) is 6.48. The summed E-state index contributed by atoms with van der Waals surface area (Å²) in [5, 5.41) is 2.84. The lowest BCUT2D eigenvalue weighted by Crippen LogP contribution is -2.47. The lowest BCUT2D eigenvalue weighted by atomic mass is 10.1. The van der Waals surface area contributed by atoms with Crippen LogP contribution in [0.15, 0.2) is 0 Å². The molecular weight excluding hydrogens is 240 g/mol. The van der Waals surface area contributed by atoms with E-state index in [0.29, 0.717) is 25.3 Å². The molecule has 0 fully saturated rings. The predicted molar refractivity (Wildman–Crippen MR) is 70.1 cm³/mol. The number of rotatable bonds is 6. The van der Waals surface area contributed by atoms with Crippen molar-refractivity contribution in [1.29, 1.82) is 0 Å². The minimum absolute atomic E-state index is 0.0165. The third kappa shape index (κ3) is 8.02. The molecule has 0 unspecified atom stereocenters. The molecule has 0 heterocycles. The molecule has 0 bridgehead atoms. The molecule has 0 atom stereocenters. The maximum absolute atomic E-state index is 11.7. The largest absolute Gasteiger partial charge is 0.350 e. The molecule has 100 valence electrons. The summed E-state index contributed by atoms with van der Waals surface area (Å²) >= 11 is 5.54. The minimum atomic E-state index is -0.268. The Hall–Kier alpha value is -0.770. The predicted octanol–water partition coefficient (Wildman–Crippen LogP) is 1.77. The number of likely N-dealkylation sites (N-methyl/N-ethyl adjacent to an activating group) is 1. The molecule has 0 aliphatic carbocycles. The second-order valence-corrected chi connectivity index (χ2v) is 5.38. The highest BCUT2D eigenvalue weighted by atomic mass is 35.5. The summed E-state index contributed by atoms with van der Waals surface area (Å²) in [5.74, 6) is 0.327. The SMILES string of the molecule is CCN(CC(=O)NC(C)(C)C)C(=O)CCCCl. The van der Waals surface area contributed by atoms with Crippen molar-refractivity contribution in [3.8, 4) is 0 Å². The van der Waals surface area contributed by atoms with E-state index in [-0.39, 0.29) is 23.9 Å². The lowest BCUT2D eigenvalue weighted by molar-refractivity contribution is -0.136. The molecule has 5 heteroatoms. The fourth-order valence-corrected chi connectivity index (χ4v) is 1.52. The molecule has 0 radical (unpaired) electrons. The number of carbonyl (C=O) groups is 2. The number of hydrogen-bond acceptors (Lipinski definition) is 2. The first-order valence-electron chi connectivity index (χ1n) is 5.95. The smallest absolute Gasteiger partial charge is 0.240 e. The van der Waals surface area contributed by atoms with Gasteiger partial charge in [-0.05, 0) is 34.1 Å². The monoisotopic (exact) mass is 262 g/mol. The van der Waals surface area contributed by atoms with Crippen molar-refractivity contribution in [2.45, 2.75) is 46.1 Å². The van der Waals surface area contributed by atoms with Crippen LogP contribution in [-0.2, 0) is 9.59 Å². The van der Waals surface area contributed by atoms with Crippen molar-refractivity contribution in [3.05, 3.63) is 0 Å². The third-order valence-electron chi connectivity index (χ3n) is 2.11. The highest BCUT2D eigenvalue weighted by molar-refractivity contribution is 6.17.